The Balaban J connectivity index is 2.40. The van der Waals surface area contributed by atoms with Crippen LogP contribution >= 0.6 is 0 Å². The van der Waals surface area contributed by atoms with Crippen molar-refractivity contribution in [1.29, 1.82) is 0 Å². The summed E-state index contributed by atoms with van der Waals surface area (Å²) in [6.45, 7) is 4.17. The molecule has 0 saturated carbocycles. The van der Waals surface area contributed by atoms with Gasteiger partial charge in [0.25, 0.3) is 0 Å². The molecule has 1 aromatic heterocycles. The Morgan fingerprint density at radius 1 is 1.53 bits per heavy atom. The minimum absolute atomic E-state index is 0.237. The Kier molecular flexibility index (Phi) is 3.13. The number of hydrogen-bond donors (Lipinski definition) is 1. The number of carboxylic acids is 1. The van der Waals surface area contributed by atoms with Crippen molar-refractivity contribution in [2.45, 2.75) is 32.6 Å². The van der Waals surface area contributed by atoms with Crippen LogP contribution in [0.3, 0.4) is 0 Å². The molecule has 1 aromatic carbocycles. The lowest BCUT2D eigenvalue weighted by atomic mass is 10.1. The first-order valence-corrected chi connectivity index (χ1v) is 5.75. The molecule has 0 bridgehead atoms. The van der Waals surface area contributed by atoms with E-state index in [0.717, 1.165) is 12.8 Å². The quantitative estimate of drug-likeness (QED) is 0.878. The lowest BCUT2D eigenvalue weighted by Gasteiger charge is -2.02. The highest BCUT2D eigenvalue weighted by Gasteiger charge is 2.14. The van der Waals surface area contributed by atoms with Crippen molar-refractivity contribution in [2.24, 2.45) is 0 Å². The number of aromatic carboxylic acids is 1. The van der Waals surface area contributed by atoms with Crippen LogP contribution in [0.2, 0.25) is 0 Å². The number of benzene rings is 1. The Bertz CT molecular complexity index is 545. The van der Waals surface area contributed by atoms with Crippen molar-refractivity contribution in [3.05, 3.63) is 29.7 Å². The Morgan fingerprint density at radius 2 is 2.29 bits per heavy atom. The van der Waals surface area contributed by atoms with E-state index in [-0.39, 0.29) is 11.5 Å². The van der Waals surface area contributed by atoms with Gasteiger partial charge >= 0.3 is 5.97 Å². The molecule has 0 saturated heterocycles. The molecule has 0 fully saturated rings. The van der Waals surface area contributed by atoms with Crippen LogP contribution in [-0.4, -0.2) is 16.1 Å². The summed E-state index contributed by atoms with van der Waals surface area (Å²) in [4.78, 5) is 15.2. The molecule has 0 aliphatic heterocycles. The maximum Gasteiger partial charge on any atom is 0.335 e. The van der Waals surface area contributed by atoms with E-state index < -0.39 is 5.97 Å². The summed E-state index contributed by atoms with van der Waals surface area (Å²) >= 11 is 0. The van der Waals surface area contributed by atoms with E-state index in [2.05, 4.69) is 18.8 Å². The second-order valence-electron chi connectivity index (χ2n) is 4.23. The molecule has 0 aliphatic rings. The van der Waals surface area contributed by atoms with E-state index >= 15 is 0 Å². The molecule has 17 heavy (non-hydrogen) atoms. The van der Waals surface area contributed by atoms with E-state index in [1.54, 1.807) is 12.1 Å². The second kappa shape index (κ2) is 4.57. The number of fused-ring (bicyclic) bond motifs is 1. The summed E-state index contributed by atoms with van der Waals surface area (Å²) in [6.07, 6.45) is 2.08. The van der Waals surface area contributed by atoms with E-state index in [1.807, 2.05) is 0 Å². The highest BCUT2D eigenvalue weighted by atomic mass is 16.4. The minimum Gasteiger partial charge on any atom is -0.478 e. The van der Waals surface area contributed by atoms with Gasteiger partial charge in [-0.15, -0.1) is 0 Å². The van der Waals surface area contributed by atoms with Crippen molar-refractivity contribution in [3.63, 3.8) is 0 Å². The minimum atomic E-state index is -0.946. The third-order valence-electron chi connectivity index (χ3n) is 2.79. The van der Waals surface area contributed by atoms with Gasteiger partial charge in [0.05, 0.1) is 5.56 Å². The molecule has 1 heterocycles. The fourth-order valence-corrected chi connectivity index (χ4v) is 1.85. The second-order valence-corrected chi connectivity index (χ2v) is 4.23. The first kappa shape index (κ1) is 11.6. The number of aromatic nitrogens is 1. The number of carbonyl (C=O) groups is 1. The van der Waals surface area contributed by atoms with E-state index in [4.69, 9.17) is 9.52 Å². The summed E-state index contributed by atoms with van der Waals surface area (Å²) in [5.41, 5.74) is 1.50. The van der Waals surface area contributed by atoms with Gasteiger partial charge in [-0.1, -0.05) is 20.3 Å². The zero-order valence-corrected chi connectivity index (χ0v) is 9.93. The van der Waals surface area contributed by atoms with Crippen molar-refractivity contribution < 1.29 is 14.3 Å². The van der Waals surface area contributed by atoms with Crippen LogP contribution in [0.25, 0.3) is 11.1 Å². The van der Waals surface area contributed by atoms with Crippen LogP contribution in [0.4, 0.5) is 0 Å². The van der Waals surface area contributed by atoms with Gasteiger partial charge in [-0.2, -0.15) is 0 Å². The lowest BCUT2D eigenvalue weighted by Crippen LogP contribution is -1.95. The predicted octanol–water partition coefficient (Wildman–Crippen LogP) is 3.43. The first-order valence-electron chi connectivity index (χ1n) is 5.75. The van der Waals surface area contributed by atoms with E-state index in [9.17, 15) is 4.79 Å². The average molecular weight is 233 g/mol. The normalized spacial score (nSPS) is 12.8. The Hall–Kier alpha value is -1.84. The highest BCUT2D eigenvalue weighted by Crippen LogP contribution is 2.25. The van der Waals surface area contributed by atoms with Crippen LogP contribution in [-0.2, 0) is 0 Å². The first-order chi connectivity index (χ1) is 8.11. The lowest BCUT2D eigenvalue weighted by molar-refractivity contribution is 0.0697. The SMILES string of the molecule is CCCC(C)c1nc2cc(C(=O)O)ccc2o1. The highest BCUT2D eigenvalue weighted by molar-refractivity contribution is 5.91. The van der Waals surface area contributed by atoms with Gasteiger partial charge in [0.1, 0.15) is 5.52 Å². The third kappa shape index (κ3) is 2.30. The molecule has 1 N–H and O–H groups in total. The van der Waals surface area contributed by atoms with Crippen LogP contribution < -0.4 is 0 Å². The van der Waals surface area contributed by atoms with Crippen molar-refractivity contribution in [2.75, 3.05) is 0 Å². The Morgan fingerprint density at radius 3 is 2.94 bits per heavy atom. The molecule has 4 heteroatoms. The molecule has 0 radical (unpaired) electrons. The monoisotopic (exact) mass is 233 g/mol. The number of oxazole rings is 1. The summed E-state index contributed by atoms with van der Waals surface area (Å²) in [7, 11) is 0. The fraction of sp³-hybridized carbons (Fsp3) is 0.385. The standard InChI is InChI=1S/C13H15NO3/c1-3-4-8(2)12-14-10-7-9(13(15)16)5-6-11(10)17-12/h5-8H,3-4H2,1-2H3,(H,15,16). The molecule has 0 amide bonds. The number of carboxylic acid groups (broad SMARTS) is 1. The fourth-order valence-electron chi connectivity index (χ4n) is 1.85. The van der Waals surface area contributed by atoms with Crippen LogP contribution in [0.15, 0.2) is 22.6 Å². The zero-order chi connectivity index (χ0) is 12.4. The molecule has 90 valence electrons. The number of hydrogen-bond acceptors (Lipinski definition) is 3. The molecule has 0 spiro atoms. The number of rotatable bonds is 4. The van der Waals surface area contributed by atoms with E-state index in [1.165, 1.54) is 6.07 Å². The van der Waals surface area contributed by atoms with E-state index in [0.29, 0.717) is 17.0 Å². The maximum absolute atomic E-state index is 10.8. The van der Waals surface area contributed by atoms with Gasteiger partial charge in [0.2, 0.25) is 0 Å². The van der Waals surface area contributed by atoms with Gasteiger partial charge < -0.3 is 9.52 Å². The molecule has 0 aliphatic carbocycles. The van der Waals surface area contributed by atoms with Crippen molar-refractivity contribution in [1.82, 2.24) is 4.98 Å². The molecule has 2 rings (SSSR count). The summed E-state index contributed by atoms with van der Waals surface area (Å²) in [6, 6.07) is 4.74. The summed E-state index contributed by atoms with van der Waals surface area (Å²) < 4.78 is 5.61. The van der Waals surface area contributed by atoms with Gasteiger partial charge in [0.15, 0.2) is 11.5 Å². The summed E-state index contributed by atoms with van der Waals surface area (Å²) in [5.74, 6) is 0.00289. The average Bonchev–Trinajstić information content (AvgIpc) is 2.71. The molecule has 1 atom stereocenters. The molecular formula is C13H15NO3. The maximum atomic E-state index is 10.8. The number of nitrogens with zero attached hydrogens (tertiary/aromatic N) is 1. The van der Waals surface area contributed by atoms with Crippen molar-refractivity contribution >= 4 is 17.1 Å². The predicted molar refractivity (Wildman–Crippen MR) is 64.3 cm³/mol. The molecule has 2 aromatic rings. The smallest absolute Gasteiger partial charge is 0.335 e. The molecular weight excluding hydrogens is 218 g/mol. The zero-order valence-electron chi connectivity index (χ0n) is 9.93. The van der Waals surface area contributed by atoms with Crippen LogP contribution in [0.1, 0.15) is 48.9 Å². The Labute approximate surface area is 99.3 Å². The topological polar surface area (TPSA) is 63.3 Å². The molecule has 1 unspecified atom stereocenters. The van der Waals surface area contributed by atoms with Gasteiger partial charge in [-0.3, -0.25) is 0 Å². The molecule has 4 nitrogen and oxygen atoms in total. The van der Waals surface area contributed by atoms with Crippen molar-refractivity contribution in [3.8, 4) is 0 Å². The summed E-state index contributed by atoms with van der Waals surface area (Å²) in [5, 5.41) is 8.89. The third-order valence-corrected chi connectivity index (χ3v) is 2.79. The van der Waals surface area contributed by atoms with Gasteiger partial charge in [-0.25, -0.2) is 9.78 Å². The van der Waals surface area contributed by atoms with Crippen LogP contribution in [0.5, 0.6) is 0 Å². The largest absolute Gasteiger partial charge is 0.478 e. The van der Waals surface area contributed by atoms with Gasteiger partial charge in [0, 0.05) is 5.92 Å². The van der Waals surface area contributed by atoms with Crippen LogP contribution in [0, 0.1) is 0 Å². The van der Waals surface area contributed by atoms with Gasteiger partial charge in [-0.05, 0) is 24.6 Å².